The lowest BCUT2D eigenvalue weighted by atomic mass is 10.1. The van der Waals surface area contributed by atoms with Gasteiger partial charge in [-0.1, -0.05) is 67.7 Å². The van der Waals surface area contributed by atoms with Gasteiger partial charge in [0, 0.05) is 23.1 Å². The van der Waals surface area contributed by atoms with Crippen LogP contribution < -0.4 is 14.4 Å². The number of hydrogen-bond donors (Lipinski definition) is 1. The number of halogens is 2. The van der Waals surface area contributed by atoms with Gasteiger partial charge in [-0.05, 0) is 66.9 Å². The van der Waals surface area contributed by atoms with Gasteiger partial charge in [-0.2, -0.15) is 0 Å². The second-order valence-electron chi connectivity index (χ2n) is 9.50. The lowest BCUT2D eigenvalue weighted by molar-refractivity contribution is -0.140. The highest BCUT2D eigenvalue weighted by atomic mass is 35.5. The van der Waals surface area contributed by atoms with Crippen LogP contribution in [0.3, 0.4) is 0 Å². The molecule has 0 fully saturated rings. The third-order valence-electron chi connectivity index (χ3n) is 6.35. The van der Waals surface area contributed by atoms with Gasteiger partial charge < -0.3 is 15.0 Å². The lowest BCUT2D eigenvalue weighted by Crippen LogP contribution is -2.52. The predicted molar refractivity (Wildman–Crippen MR) is 164 cm³/mol. The normalized spacial score (nSPS) is 11.9. The molecule has 0 bridgehead atoms. The molecule has 3 rings (SSSR count). The lowest BCUT2D eigenvalue weighted by Gasteiger charge is -2.33. The molecule has 0 radical (unpaired) electrons. The van der Waals surface area contributed by atoms with Crippen LogP contribution in [0, 0.1) is 0 Å². The molecule has 41 heavy (non-hydrogen) atoms. The zero-order valence-electron chi connectivity index (χ0n) is 23.3. The van der Waals surface area contributed by atoms with Gasteiger partial charge in [-0.3, -0.25) is 13.9 Å². The van der Waals surface area contributed by atoms with E-state index in [1.54, 1.807) is 61.5 Å². The molecule has 0 saturated heterocycles. The number of carbonyl (C=O) groups is 2. The quantitative estimate of drug-likeness (QED) is 0.214. The molecule has 1 atom stereocenters. The zero-order chi connectivity index (χ0) is 30.0. The Kier molecular flexibility index (Phi) is 11.9. The molecule has 0 aliphatic heterocycles. The third-order valence-corrected chi connectivity index (χ3v) is 8.08. The average Bonchev–Trinajstić information content (AvgIpc) is 2.93. The molecule has 0 spiro atoms. The first-order valence-electron chi connectivity index (χ1n) is 13.3. The number of carbonyl (C=O) groups excluding carboxylic acids is 2. The first-order valence-corrected chi connectivity index (χ1v) is 16.0. The molecule has 0 saturated carbocycles. The number of benzene rings is 3. The van der Waals surface area contributed by atoms with Crippen LogP contribution in [0.25, 0.3) is 0 Å². The van der Waals surface area contributed by atoms with Crippen LogP contribution in [0.1, 0.15) is 38.7 Å². The summed E-state index contributed by atoms with van der Waals surface area (Å²) in [5.74, 6) is 0.277. The van der Waals surface area contributed by atoms with Crippen LogP contribution in [-0.4, -0.2) is 50.5 Å². The summed E-state index contributed by atoms with van der Waals surface area (Å²) in [7, 11) is -3.87. The molecule has 3 aromatic carbocycles. The van der Waals surface area contributed by atoms with Crippen molar-refractivity contribution in [3.8, 4) is 11.5 Å². The molecule has 0 aliphatic rings. The van der Waals surface area contributed by atoms with E-state index < -0.39 is 28.5 Å². The number of sulfonamides is 1. The largest absolute Gasteiger partial charge is 0.457 e. The van der Waals surface area contributed by atoms with Gasteiger partial charge in [0.05, 0.1) is 11.9 Å². The summed E-state index contributed by atoms with van der Waals surface area (Å²) in [4.78, 5) is 28.4. The molecule has 0 unspecified atom stereocenters. The molecule has 1 N–H and O–H groups in total. The second-order valence-corrected chi connectivity index (χ2v) is 12.3. The Morgan fingerprint density at radius 3 is 2.20 bits per heavy atom. The number of nitrogens with zero attached hydrogens (tertiary/aromatic N) is 2. The Balaban J connectivity index is 1.90. The van der Waals surface area contributed by atoms with Crippen LogP contribution in [0.4, 0.5) is 5.69 Å². The number of unbranched alkanes of at least 4 members (excludes halogenated alkanes) is 1. The summed E-state index contributed by atoms with van der Waals surface area (Å²) >= 11 is 12.5. The number of anilines is 1. The Morgan fingerprint density at radius 2 is 1.61 bits per heavy atom. The Labute approximate surface area is 252 Å². The van der Waals surface area contributed by atoms with Crippen LogP contribution in [0.5, 0.6) is 11.5 Å². The molecule has 0 aliphatic carbocycles. The number of amides is 2. The van der Waals surface area contributed by atoms with Crippen LogP contribution in [0.2, 0.25) is 10.0 Å². The molecule has 3 aromatic rings. The van der Waals surface area contributed by atoms with Crippen molar-refractivity contribution in [1.82, 2.24) is 10.2 Å². The smallest absolute Gasteiger partial charge is 0.244 e. The van der Waals surface area contributed by atoms with E-state index in [4.69, 9.17) is 27.9 Å². The van der Waals surface area contributed by atoms with E-state index in [9.17, 15) is 18.0 Å². The molecule has 220 valence electrons. The zero-order valence-corrected chi connectivity index (χ0v) is 25.7. The van der Waals surface area contributed by atoms with Gasteiger partial charge in [-0.15, -0.1) is 0 Å². The fraction of sp³-hybridized carbons (Fsp3) is 0.333. The minimum Gasteiger partial charge on any atom is -0.457 e. The maximum atomic E-state index is 13.8. The van der Waals surface area contributed by atoms with Gasteiger partial charge in [-0.25, -0.2) is 8.42 Å². The Morgan fingerprint density at radius 1 is 0.951 bits per heavy atom. The molecular formula is C30H35Cl2N3O5S. The highest BCUT2D eigenvalue weighted by molar-refractivity contribution is 7.92. The van der Waals surface area contributed by atoms with Crippen molar-refractivity contribution in [1.29, 1.82) is 0 Å². The minimum atomic E-state index is -3.87. The maximum absolute atomic E-state index is 13.8. The van der Waals surface area contributed by atoms with E-state index in [2.05, 4.69) is 5.32 Å². The number of nitrogens with one attached hydrogen (secondary N) is 1. The number of hydrogen-bond acceptors (Lipinski definition) is 5. The summed E-state index contributed by atoms with van der Waals surface area (Å²) < 4.78 is 32.6. The van der Waals surface area contributed by atoms with Gasteiger partial charge in [0.2, 0.25) is 21.8 Å². The van der Waals surface area contributed by atoms with Gasteiger partial charge in [0.15, 0.2) is 0 Å². The van der Waals surface area contributed by atoms with E-state index in [0.717, 1.165) is 23.4 Å². The van der Waals surface area contributed by atoms with Crippen LogP contribution in [-0.2, 0) is 26.2 Å². The molecule has 8 nitrogen and oxygen atoms in total. The number of para-hydroxylation sites is 1. The van der Waals surface area contributed by atoms with Crippen molar-refractivity contribution < 1.29 is 22.7 Å². The standard InChI is InChI=1S/C30H35Cl2N3O5S/c1-4-6-18-33-30(37)28(5-2)34(20-22-12-13-23(31)19-27(22)32)29(36)21-35(41(3,38)39)24-14-16-26(17-15-24)40-25-10-8-7-9-11-25/h7-17,19,28H,4-6,18,20-21H2,1-3H3,(H,33,37)/t28-/m0/s1. The Hall–Kier alpha value is -3.27. The summed E-state index contributed by atoms with van der Waals surface area (Å²) in [6.45, 7) is 3.77. The number of ether oxygens (including phenoxy) is 1. The molecule has 2 amide bonds. The van der Waals surface area contributed by atoms with E-state index in [-0.39, 0.29) is 18.1 Å². The van der Waals surface area contributed by atoms with Crippen molar-refractivity contribution >= 4 is 50.7 Å². The van der Waals surface area contributed by atoms with E-state index >= 15 is 0 Å². The van der Waals surface area contributed by atoms with Crippen molar-refractivity contribution in [2.45, 2.75) is 45.7 Å². The Bertz CT molecular complexity index is 1420. The van der Waals surface area contributed by atoms with Crippen LogP contribution >= 0.6 is 23.2 Å². The summed E-state index contributed by atoms with van der Waals surface area (Å²) in [5.41, 5.74) is 0.865. The first kappa shape index (κ1) is 32.2. The van der Waals surface area contributed by atoms with Crippen LogP contribution in [0.15, 0.2) is 72.8 Å². The molecular weight excluding hydrogens is 585 g/mol. The van der Waals surface area contributed by atoms with Gasteiger partial charge >= 0.3 is 0 Å². The highest BCUT2D eigenvalue weighted by Gasteiger charge is 2.32. The summed E-state index contributed by atoms with van der Waals surface area (Å²) in [6, 6.07) is 19.6. The molecule has 0 aromatic heterocycles. The van der Waals surface area contributed by atoms with Crippen molar-refractivity contribution in [2.75, 3.05) is 23.7 Å². The monoisotopic (exact) mass is 619 g/mol. The van der Waals surface area contributed by atoms with Gasteiger partial charge in [0.25, 0.3) is 0 Å². The SMILES string of the molecule is CCCCNC(=O)[C@H](CC)N(Cc1ccc(Cl)cc1Cl)C(=O)CN(c1ccc(Oc2ccccc2)cc1)S(C)(=O)=O. The molecule has 11 heteroatoms. The summed E-state index contributed by atoms with van der Waals surface area (Å²) in [6.07, 6.45) is 3.05. The first-order chi connectivity index (χ1) is 19.5. The van der Waals surface area contributed by atoms with Gasteiger partial charge in [0.1, 0.15) is 24.1 Å². The van der Waals surface area contributed by atoms with E-state index in [1.165, 1.54) is 4.90 Å². The average molecular weight is 621 g/mol. The minimum absolute atomic E-state index is 0.00397. The second kappa shape index (κ2) is 15.1. The molecule has 0 heterocycles. The topological polar surface area (TPSA) is 96.0 Å². The highest BCUT2D eigenvalue weighted by Crippen LogP contribution is 2.27. The van der Waals surface area contributed by atoms with E-state index in [1.807, 2.05) is 25.1 Å². The predicted octanol–water partition coefficient (Wildman–Crippen LogP) is 6.28. The van der Waals surface area contributed by atoms with Crippen molar-refractivity contribution in [3.63, 3.8) is 0 Å². The fourth-order valence-corrected chi connectivity index (χ4v) is 5.50. The fourth-order valence-electron chi connectivity index (χ4n) is 4.18. The maximum Gasteiger partial charge on any atom is 0.244 e. The number of rotatable bonds is 14. The van der Waals surface area contributed by atoms with Crippen molar-refractivity contribution in [3.05, 3.63) is 88.4 Å². The third kappa shape index (κ3) is 9.38. The summed E-state index contributed by atoms with van der Waals surface area (Å²) in [5, 5.41) is 3.66. The van der Waals surface area contributed by atoms with Crippen molar-refractivity contribution in [2.24, 2.45) is 0 Å². The van der Waals surface area contributed by atoms with E-state index in [0.29, 0.717) is 40.1 Å².